The van der Waals surface area contributed by atoms with Crippen molar-refractivity contribution in [2.24, 2.45) is 0 Å². The number of aliphatic hydroxyl groups is 1. The van der Waals surface area contributed by atoms with E-state index in [-0.39, 0.29) is 0 Å². The average molecular weight is 193 g/mol. The zero-order valence-corrected chi connectivity index (χ0v) is 8.36. The van der Waals surface area contributed by atoms with Crippen LogP contribution < -0.4 is 0 Å². The molecule has 0 aromatic carbocycles. The number of aryl methyl sites for hydroxylation is 1. The van der Waals surface area contributed by atoms with Gasteiger partial charge in [-0.15, -0.1) is 0 Å². The van der Waals surface area contributed by atoms with Crippen molar-refractivity contribution in [3.63, 3.8) is 0 Å². The van der Waals surface area contributed by atoms with Crippen molar-refractivity contribution in [2.45, 2.75) is 25.4 Å². The zero-order chi connectivity index (χ0) is 10.0. The van der Waals surface area contributed by atoms with Crippen molar-refractivity contribution in [1.82, 2.24) is 4.98 Å². The van der Waals surface area contributed by atoms with Gasteiger partial charge in [0, 0.05) is 6.20 Å². The lowest BCUT2D eigenvalue weighted by molar-refractivity contribution is -0.186. The Morgan fingerprint density at radius 2 is 2.29 bits per heavy atom. The first kappa shape index (κ1) is 9.62. The summed E-state index contributed by atoms with van der Waals surface area (Å²) in [6.45, 7) is 2.88. The first-order valence-corrected chi connectivity index (χ1v) is 5.00. The molecule has 0 bridgehead atoms. The first-order chi connectivity index (χ1) is 6.74. The third-order valence-corrected chi connectivity index (χ3v) is 2.52. The molecular formula is C11H15NO2. The van der Waals surface area contributed by atoms with E-state index in [1.165, 1.54) is 5.56 Å². The van der Waals surface area contributed by atoms with Crippen LogP contribution in [0.3, 0.4) is 0 Å². The van der Waals surface area contributed by atoms with Gasteiger partial charge in [0.05, 0.1) is 18.9 Å². The Kier molecular flexibility index (Phi) is 2.52. The summed E-state index contributed by atoms with van der Waals surface area (Å²) >= 11 is 0. The van der Waals surface area contributed by atoms with Crippen molar-refractivity contribution in [3.8, 4) is 0 Å². The van der Waals surface area contributed by atoms with Crippen LogP contribution in [0.2, 0.25) is 0 Å². The molecule has 1 aromatic heterocycles. The Morgan fingerprint density at radius 3 is 2.71 bits per heavy atom. The number of pyridine rings is 1. The van der Waals surface area contributed by atoms with Gasteiger partial charge >= 0.3 is 0 Å². The van der Waals surface area contributed by atoms with Crippen LogP contribution in [0.25, 0.3) is 0 Å². The molecule has 0 amide bonds. The number of hydrogen-bond acceptors (Lipinski definition) is 3. The fraction of sp³-hybridized carbons (Fsp3) is 0.545. The van der Waals surface area contributed by atoms with Gasteiger partial charge in [-0.3, -0.25) is 4.98 Å². The van der Waals surface area contributed by atoms with E-state index in [1.807, 2.05) is 18.3 Å². The minimum Gasteiger partial charge on any atom is -0.379 e. The summed E-state index contributed by atoms with van der Waals surface area (Å²) in [7, 11) is 0. The van der Waals surface area contributed by atoms with Crippen molar-refractivity contribution in [1.29, 1.82) is 0 Å². The van der Waals surface area contributed by atoms with E-state index in [1.54, 1.807) is 0 Å². The molecule has 2 heterocycles. The van der Waals surface area contributed by atoms with E-state index in [0.717, 1.165) is 18.5 Å². The fourth-order valence-corrected chi connectivity index (χ4v) is 1.58. The van der Waals surface area contributed by atoms with Gasteiger partial charge < -0.3 is 9.84 Å². The summed E-state index contributed by atoms with van der Waals surface area (Å²) in [6.07, 6.45) is 4.01. The molecule has 0 unspecified atom stereocenters. The van der Waals surface area contributed by atoms with Crippen molar-refractivity contribution in [3.05, 3.63) is 29.6 Å². The molecule has 76 valence electrons. The SMILES string of the molecule is CCCc1ccc(C2(O)COC2)nc1. The van der Waals surface area contributed by atoms with Gasteiger partial charge in [-0.2, -0.15) is 0 Å². The summed E-state index contributed by atoms with van der Waals surface area (Å²) in [5, 5.41) is 9.91. The lowest BCUT2D eigenvalue weighted by Crippen LogP contribution is -2.47. The molecule has 0 atom stereocenters. The third-order valence-electron chi connectivity index (χ3n) is 2.52. The van der Waals surface area contributed by atoms with Crippen LogP contribution in [0, 0.1) is 0 Å². The monoisotopic (exact) mass is 193 g/mol. The van der Waals surface area contributed by atoms with Gasteiger partial charge in [0.1, 0.15) is 0 Å². The van der Waals surface area contributed by atoms with Crippen LogP contribution in [-0.4, -0.2) is 23.3 Å². The molecule has 1 N–H and O–H groups in total. The molecule has 1 aliphatic heterocycles. The molecule has 1 fully saturated rings. The highest BCUT2D eigenvalue weighted by atomic mass is 16.5. The maximum Gasteiger partial charge on any atom is 0.153 e. The second-order valence-electron chi connectivity index (χ2n) is 3.83. The molecule has 0 saturated carbocycles. The number of rotatable bonds is 3. The lowest BCUT2D eigenvalue weighted by atomic mass is 9.96. The average Bonchev–Trinajstić information content (AvgIpc) is 2.16. The lowest BCUT2D eigenvalue weighted by Gasteiger charge is -2.35. The Balaban J connectivity index is 2.13. The predicted octanol–water partition coefficient (Wildman–Crippen LogP) is 1.25. The third kappa shape index (κ3) is 1.65. The van der Waals surface area contributed by atoms with Gasteiger partial charge in [-0.05, 0) is 18.1 Å². The molecule has 14 heavy (non-hydrogen) atoms. The summed E-state index contributed by atoms with van der Waals surface area (Å²) in [5.74, 6) is 0. The molecule has 3 heteroatoms. The topological polar surface area (TPSA) is 42.4 Å². The maximum absolute atomic E-state index is 9.91. The minimum absolute atomic E-state index is 0.368. The van der Waals surface area contributed by atoms with Crippen LogP contribution in [0.1, 0.15) is 24.6 Å². The van der Waals surface area contributed by atoms with Gasteiger partial charge in [-0.25, -0.2) is 0 Å². The largest absolute Gasteiger partial charge is 0.379 e. The number of aromatic nitrogens is 1. The van der Waals surface area contributed by atoms with Gasteiger partial charge in [-0.1, -0.05) is 19.4 Å². The quantitative estimate of drug-likeness (QED) is 0.785. The standard InChI is InChI=1S/C11H15NO2/c1-2-3-9-4-5-10(12-6-9)11(13)7-14-8-11/h4-6,13H,2-3,7-8H2,1H3. The molecular weight excluding hydrogens is 178 g/mol. The van der Waals surface area contributed by atoms with Crippen molar-refractivity contribution >= 4 is 0 Å². The Bertz CT molecular complexity index is 304. The Hall–Kier alpha value is -0.930. The Morgan fingerprint density at radius 1 is 1.50 bits per heavy atom. The first-order valence-electron chi connectivity index (χ1n) is 5.00. The van der Waals surface area contributed by atoms with E-state index in [9.17, 15) is 5.11 Å². The fourth-order valence-electron chi connectivity index (χ4n) is 1.58. The van der Waals surface area contributed by atoms with Crippen LogP contribution in [0.4, 0.5) is 0 Å². The number of ether oxygens (including phenoxy) is 1. The number of hydrogen-bond donors (Lipinski definition) is 1. The van der Waals surface area contributed by atoms with E-state index in [0.29, 0.717) is 13.2 Å². The van der Waals surface area contributed by atoms with Gasteiger partial charge in [0.25, 0.3) is 0 Å². The highest BCUT2D eigenvalue weighted by Gasteiger charge is 2.39. The molecule has 1 saturated heterocycles. The molecule has 0 aliphatic carbocycles. The molecule has 1 aromatic rings. The van der Waals surface area contributed by atoms with Crippen LogP contribution in [0.5, 0.6) is 0 Å². The van der Waals surface area contributed by atoms with Crippen LogP contribution in [-0.2, 0) is 16.8 Å². The van der Waals surface area contributed by atoms with E-state index >= 15 is 0 Å². The van der Waals surface area contributed by atoms with E-state index < -0.39 is 5.60 Å². The normalized spacial score (nSPS) is 19.0. The maximum atomic E-state index is 9.91. The van der Waals surface area contributed by atoms with E-state index in [2.05, 4.69) is 11.9 Å². The van der Waals surface area contributed by atoms with Crippen molar-refractivity contribution < 1.29 is 9.84 Å². The highest BCUT2D eigenvalue weighted by Crippen LogP contribution is 2.27. The zero-order valence-electron chi connectivity index (χ0n) is 8.36. The summed E-state index contributed by atoms with van der Waals surface area (Å²) < 4.78 is 4.98. The number of nitrogens with zero attached hydrogens (tertiary/aromatic N) is 1. The second-order valence-corrected chi connectivity index (χ2v) is 3.83. The van der Waals surface area contributed by atoms with Gasteiger partial charge in [0.2, 0.25) is 0 Å². The minimum atomic E-state index is -0.829. The molecule has 3 nitrogen and oxygen atoms in total. The molecule has 2 rings (SSSR count). The summed E-state index contributed by atoms with van der Waals surface area (Å²) in [4.78, 5) is 4.26. The van der Waals surface area contributed by atoms with Crippen LogP contribution >= 0.6 is 0 Å². The van der Waals surface area contributed by atoms with Crippen LogP contribution in [0.15, 0.2) is 18.3 Å². The highest BCUT2D eigenvalue weighted by molar-refractivity contribution is 5.20. The molecule has 0 radical (unpaired) electrons. The van der Waals surface area contributed by atoms with Gasteiger partial charge in [0.15, 0.2) is 5.60 Å². The second kappa shape index (κ2) is 3.67. The smallest absolute Gasteiger partial charge is 0.153 e. The van der Waals surface area contributed by atoms with E-state index in [4.69, 9.17) is 4.74 Å². The van der Waals surface area contributed by atoms with Crippen molar-refractivity contribution in [2.75, 3.05) is 13.2 Å². The summed E-state index contributed by atoms with van der Waals surface area (Å²) in [5.41, 5.74) is 1.12. The molecule has 1 aliphatic rings. The molecule has 0 spiro atoms. The predicted molar refractivity (Wildman–Crippen MR) is 52.9 cm³/mol. The summed E-state index contributed by atoms with van der Waals surface area (Å²) in [6, 6.07) is 3.93. The Labute approximate surface area is 83.7 Å².